The van der Waals surface area contributed by atoms with Crippen LogP contribution in [-0.4, -0.2) is 49.0 Å². The molecule has 2 N–H and O–H groups in total. The van der Waals surface area contributed by atoms with E-state index in [4.69, 9.17) is 9.84 Å². The van der Waals surface area contributed by atoms with Gasteiger partial charge in [-0.2, -0.15) is 0 Å². The lowest BCUT2D eigenvalue weighted by Crippen LogP contribution is -2.37. The number of nitrogens with one attached hydrogen (secondary N) is 1. The SMILES string of the molecule is CCNC(C)c1ccc(N2CCC(OCCO)CC2)cn1. The van der Waals surface area contributed by atoms with E-state index in [1.165, 1.54) is 5.69 Å². The third-order valence-corrected chi connectivity index (χ3v) is 3.98. The normalized spacial score (nSPS) is 18.0. The number of hydrogen-bond donors (Lipinski definition) is 2. The van der Waals surface area contributed by atoms with Crippen LogP contribution in [0, 0.1) is 0 Å². The zero-order valence-corrected chi connectivity index (χ0v) is 13.1. The van der Waals surface area contributed by atoms with Gasteiger partial charge in [0, 0.05) is 19.1 Å². The molecule has 1 unspecified atom stereocenters. The van der Waals surface area contributed by atoms with Crippen LogP contribution in [0.1, 0.15) is 38.4 Å². The van der Waals surface area contributed by atoms with Crippen molar-refractivity contribution in [1.29, 1.82) is 0 Å². The molecule has 0 aromatic carbocycles. The van der Waals surface area contributed by atoms with Crippen LogP contribution in [0.4, 0.5) is 5.69 Å². The van der Waals surface area contributed by atoms with E-state index >= 15 is 0 Å². The molecule has 2 rings (SSSR count). The van der Waals surface area contributed by atoms with E-state index in [-0.39, 0.29) is 12.7 Å². The lowest BCUT2D eigenvalue weighted by Gasteiger charge is -2.33. The van der Waals surface area contributed by atoms with Crippen molar-refractivity contribution in [2.45, 2.75) is 38.8 Å². The van der Waals surface area contributed by atoms with Crippen molar-refractivity contribution >= 4 is 5.69 Å². The van der Waals surface area contributed by atoms with Crippen molar-refractivity contribution in [3.8, 4) is 0 Å². The van der Waals surface area contributed by atoms with Crippen molar-refractivity contribution < 1.29 is 9.84 Å². The molecule has 0 aliphatic carbocycles. The molecule has 118 valence electrons. The second-order valence-corrected chi connectivity index (χ2v) is 5.50. The van der Waals surface area contributed by atoms with Crippen molar-refractivity contribution in [2.75, 3.05) is 37.7 Å². The maximum absolute atomic E-state index is 8.79. The molecule has 1 saturated heterocycles. The van der Waals surface area contributed by atoms with Gasteiger partial charge in [-0.15, -0.1) is 0 Å². The summed E-state index contributed by atoms with van der Waals surface area (Å²) in [5.74, 6) is 0. The van der Waals surface area contributed by atoms with Gasteiger partial charge in [0.1, 0.15) is 0 Å². The minimum Gasteiger partial charge on any atom is -0.394 e. The van der Waals surface area contributed by atoms with Gasteiger partial charge in [-0.1, -0.05) is 6.92 Å². The summed E-state index contributed by atoms with van der Waals surface area (Å²) in [6.07, 6.45) is 4.28. The van der Waals surface area contributed by atoms with Crippen molar-refractivity contribution in [2.24, 2.45) is 0 Å². The quantitative estimate of drug-likeness (QED) is 0.802. The van der Waals surface area contributed by atoms with Gasteiger partial charge in [-0.25, -0.2) is 0 Å². The van der Waals surface area contributed by atoms with Crippen molar-refractivity contribution in [3.05, 3.63) is 24.0 Å². The molecule has 2 heterocycles. The highest BCUT2D eigenvalue weighted by Crippen LogP contribution is 2.22. The zero-order valence-electron chi connectivity index (χ0n) is 13.1. The summed E-state index contributed by atoms with van der Waals surface area (Å²) in [7, 11) is 0. The Morgan fingerprint density at radius 1 is 1.43 bits per heavy atom. The monoisotopic (exact) mass is 293 g/mol. The van der Waals surface area contributed by atoms with Gasteiger partial charge in [0.15, 0.2) is 0 Å². The molecule has 0 radical (unpaired) electrons. The van der Waals surface area contributed by atoms with Gasteiger partial charge in [0.25, 0.3) is 0 Å². The van der Waals surface area contributed by atoms with E-state index < -0.39 is 0 Å². The van der Waals surface area contributed by atoms with Crippen molar-refractivity contribution in [3.63, 3.8) is 0 Å². The smallest absolute Gasteiger partial charge is 0.0701 e. The highest BCUT2D eigenvalue weighted by Gasteiger charge is 2.20. The molecule has 1 fully saturated rings. The van der Waals surface area contributed by atoms with E-state index in [0.717, 1.165) is 38.2 Å². The van der Waals surface area contributed by atoms with E-state index in [1.54, 1.807) is 0 Å². The summed E-state index contributed by atoms with van der Waals surface area (Å²) in [5, 5.41) is 12.2. The summed E-state index contributed by atoms with van der Waals surface area (Å²) in [5.41, 5.74) is 2.27. The van der Waals surface area contributed by atoms with Crippen LogP contribution in [0.3, 0.4) is 0 Å². The molecular weight excluding hydrogens is 266 g/mol. The number of piperidine rings is 1. The number of pyridine rings is 1. The molecule has 5 nitrogen and oxygen atoms in total. The van der Waals surface area contributed by atoms with Crippen LogP contribution in [0.5, 0.6) is 0 Å². The molecule has 0 saturated carbocycles. The van der Waals surface area contributed by atoms with Gasteiger partial charge >= 0.3 is 0 Å². The number of aliphatic hydroxyl groups is 1. The van der Waals surface area contributed by atoms with Crippen LogP contribution < -0.4 is 10.2 Å². The maximum atomic E-state index is 8.79. The number of hydrogen-bond acceptors (Lipinski definition) is 5. The molecule has 1 atom stereocenters. The first-order valence-electron chi connectivity index (χ1n) is 7.91. The van der Waals surface area contributed by atoms with Crippen LogP contribution in [0.15, 0.2) is 18.3 Å². The van der Waals surface area contributed by atoms with Crippen molar-refractivity contribution in [1.82, 2.24) is 10.3 Å². The molecule has 5 heteroatoms. The minimum atomic E-state index is 0.107. The van der Waals surface area contributed by atoms with Gasteiger partial charge in [-0.05, 0) is 38.4 Å². The van der Waals surface area contributed by atoms with Gasteiger partial charge in [-0.3, -0.25) is 4.98 Å². The number of rotatable bonds is 7. The summed E-state index contributed by atoms with van der Waals surface area (Å²) < 4.78 is 5.59. The highest BCUT2D eigenvalue weighted by molar-refractivity contribution is 5.45. The minimum absolute atomic E-state index is 0.107. The predicted molar refractivity (Wildman–Crippen MR) is 84.6 cm³/mol. The highest BCUT2D eigenvalue weighted by atomic mass is 16.5. The Kier molecular flexibility index (Phi) is 6.42. The standard InChI is InChI=1S/C16H27N3O2/c1-3-17-13(2)16-5-4-14(12-18-16)19-8-6-15(7-9-19)21-11-10-20/h4-5,12-13,15,17,20H,3,6-11H2,1-2H3. The topological polar surface area (TPSA) is 57.6 Å². The van der Waals surface area contributed by atoms with Crippen LogP contribution in [-0.2, 0) is 4.74 Å². The molecule has 0 spiro atoms. The summed E-state index contributed by atoms with van der Waals surface area (Å²) in [6, 6.07) is 4.56. The predicted octanol–water partition coefficient (Wildman–Crippen LogP) is 1.73. The lowest BCUT2D eigenvalue weighted by molar-refractivity contribution is 0.0159. The van der Waals surface area contributed by atoms with Gasteiger partial charge < -0.3 is 20.1 Å². The Bertz CT molecular complexity index is 402. The Labute approximate surface area is 127 Å². The van der Waals surface area contributed by atoms with Gasteiger partial charge in [0.05, 0.1) is 36.9 Å². The average molecular weight is 293 g/mol. The largest absolute Gasteiger partial charge is 0.394 e. The lowest BCUT2D eigenvalue weighted by atomic mass is 10.1. The van der Waals surface area contributed by atoms with Gasteiger partial charge in [0.2, 0.25) is 0 Å². The maximum Gasteiger partial charge on any atom is 0.0701 e. The fourth-order valence-corrected chi connectivity index (χ4v) is 2.75. The third-order valence-electron chi connectivity index (χ3n) is 3.98. The Morgan fingerprint density at radius 2 is 2.19 bits per heavy atom. The molecule has 1 aromatic heterocycles. The first-order valence-corrected chi connectivity index (χ1v) is 7.91. The molecule has 1 aliphatic heterocycles. The Hall–Kier alpha value is -1.17. The molecule has 0 bridgehead atoms. The van der Waals surface area contributed by atoms with Crippen LogP contribution >= 0.6 is 0 Å². The molecule has 1 aromatic rings. The molecule has 1 aliphatic rings. The first kappa shape index (κ1) is 16.2. The summed E-state index contributed by atoms with van der Waals surface area (Å²) in [6.45, 7) is 7.72. The fourth-order valence-electron chi connectivity index (χ4n) is 2.75. The molecular formula is C16H27N3O2. The number of anilines is 1. The molecule has 21 heavy (non-hydrogen) atoms. The van der Waals surface area contributed by atoms with E-state index in [9.17, 15) is 0 Å². The first-order chi connectivity index (χ1) is 10.2. The zero-order chi connectivity index (χ0) is 15.1. The van der Waals surface area contributed by atoms with Crippen LogP contribution in [0.25, 0.3) is 0 Å². The number of ether oxygens (including phenoxy) is 1. The summed E-state index contributed by atoms with van der Waals surface area (Å²) >= 11 is 0. The van der Waals surface area contributed by atoms with E-state index in [0.29, 0.717) is 12.6 Å². The van der Waals surface area contributed by atoms with E-state index in [1.807, 2.05) is 6.20 Å². The number of nitrogens with zero attached hydrogens (tertiary/aromatic N) is 2. The molecule has 0 amide bonds. The van der Waals surface area contributed by atoms with Crippen LogP contribution in [0.2, 0.25) is 0 Å². The third kappa shape index (κ3) is 4.66. The Morgan fingerprint density at radius 3 is 2.76 bits per heavy atom. The number of aromatic nitrogens is 1. The Balaban J connectivity index is 1.86. The average Bonchev–Trinajstić information content (AvgIpc) is 2.54. The second-order valence-electron chi connectivity index (χ2n) is 5.50. The number of aliphatic hydroxyl groups excluding tert-OH is 1. The fraction of sp³-hybridized carbons (Fsp3) is 0.688. The summed E-state index contributed by atoms with van der Waals surface area (Å²) in [4.78, 5) is 6.93. The second kappa shape index (κ2) is 8.32. The van der Waals surface area contributed by atoms with E-state index in [2.05, 4.69) is 41.2 Å².